The third-order valence-electron chi connectivity index (χ3n) is 4.51. The van der Waals surface area contributed by atoms with E-state index in [1.54, 1.807) is 23.3 Å². The van der Waals surface area contributed by atoms with Gasteiger partial charge in [0.2, 0.25) is 0 Å². The van der Waals surface area contributed by atoms with Crippen LogP contribution in [-0.4, -0.2) is 57.7 Å². The van der Waals surface area contributed by atoms with Crippen LogP contribution in [0.25, 0.3) is 0 Å². The number of amides is 2. The first-order valence-electron chi connectivity index (χ1n) is 8.47. The molecule has 1 aliphatic heterocycles. The summed E-state index contributed by atoms with van der Waals surface area (Å²) in [4.78, 5) is 27.6. The standard InChI is InChI=1S/C16H20BrN5O5S/c1-22-13(9(5-18-22)19-14(23)10-7-28-15(17)20-10)11-4-3-8(21-16(24)25)12(26-2)6-27-11/h5,7-8,11-12,21H,3-4,6H2,1-2H3,(H,19,23)(H,24,25)/t8-,11+,12+/m1/s1. The van der Waals surface area contributed by atoms with E-state index in [0.717, 1.165) is 0 Å². The van der Waals surface area contributed by atoms with Gasteiger partial charge in [0.15, 0.2) is 3.92 Å². The molecule has 0 bridgehead atoms. The largest absolute Gasteiger partial charge is 0.465 e. The van der Waals surface area contributed by atoms with E-state index in [4.69, 9.17) is 14.6 Å². The van der Waals surface area contributed by atoms with E-state index in [0.29, 0.717) is 33.8 Å². The number of thiazole rings is 1. The third-order valence-corrected chi connectivity index (χ3v) is 5.87. The Kier molecular flexibility index (Phi) is 6.65. The van der Waals surface area contributed by atoms with Gasteiger partial charge in [-0.25, -0.2) is 9.78 Å². The van der Waals surface area contributed by atoms with Crippen LogP contribution < -0.4 is 10.6 Å². The smallest absolute Gasteiger partial charge is 0.404 e. The monoisotopic (exact) mass is 473 g/mol. The van der Waals surface area contributed by atoms with Gasteiger partial charge in [0.05, 0.1) is 30.2 Å². The number of aromatic nitrogens is 3. The lowest BCUT2D eigenvalue weighted by Crippen LogP contribution is -2.44. The van der Waals surface area contributed by atoms with Gasteiger partial charge in [-0.05, 0) is 28.8 Å². The Morgan fingerprint density at radius 1 is 1.46 bits per heavy atom. The molecule has 3 rings (SSSR count). The van der Waals surface area contributed by atoms with E-state index < -0.39 is 12.2 Å². The highest BCUT2D eigenvalue weighted by Gasteiger charge is 2.32. The summed E-state index contributed by atoms with van der Waals surface area (Å²) in [6.45, 7) is 0.212. The number of carbonyl (C=O) groups excluding carboxylic acids is 1. The van der Waals surface area contributed by atoms with Crippen LogP contribution >= 0.6 is 27.3 Å². The van der Waals surface area contributed by atoms with Crippen molar-refractivity contribution in [3.63, 3.8) is 0 Å². The molecular weight excluding hydrogens is 454 g/mol. The van der Waals surface area contributed by atoms with Crippen LogP contribution in [0, 0.1) is 0 Å². The summed E-state index contributed by atoms with van der Waals surface area (Å²) in [6.07, 6.45) is 0.739. The highest BCUT2D eigenvalue weighted by Crippen LogP contribution is 2.33. The van der Waals surface area contributed by atoms with Crippen molar-refractivity contribution in [2.24, 2.45) is 7.05 Å². The van der Waals surface area contributed by atoms with Gasteiger partial charge >= 0.3 is 6.09 Å². The number of nitrogens with zero attached hydrogens (tertiary/aromatic N) is 3. The molecule has 0 aliphatic carbocycles. The normalized spacial score (nSPS) is 22.5. The first-order valence-corrected chi connectivity index (χ1v) is 10.1. The molecule has 3 atom stereocenters. The number of hydrogen-bond donors (Lipinski definition) is 3. The fraction of sp³-hybridized carbons (Fsp3) is 0.500. The fourth-order valence-electron chi connectivity index (χ4n) is 3.17. The summed E-state index contributed by atoms with van der Waals surface area (Å²) in [5.74, 6) is -0.343. The van der Waals surface area contributed by atoms with E-state index in [2.05, 4.69) is 36.6 Å². The van der Waals surface area contributed by atoms with Gasteiger partial charge < -0.3 is 25.2 Å². The molecule has 3 heterocycles. The quantitative estimate of drug-likeness (QED) is 0.607. The lowest BCUT2D eigenvalue weighted by Gasteiger charge is -2.22. The Balaban J connectivity index is 1.77. The predicted molar refractivity (Wildman–Crippen MR) is 105 cm³/mol. The zero-order chi connectivity index (χ0) is 20.3. The number of rotatable bonds is 5. The molecule has 2 aromatic heterocycles. The van der Waals surface area contributed by atoms with Crippen molar-refractivity contribution in [3.05, 3.63) is 26.9 Å². The zero-order valence-corrected chi connectivity index (χ0v) is 17.6. The molecule has 0 spiro atoms. The molecule has 2 aromatic rings. The van der Waals surface area contributed by atoms with Gasteiger partial charge in [-0.15, -0.1) is 11.3 Å². The van der Waals surface area contributed by atoms with Gasteiger partial charge in [0.1, 0.15) is 17.9 Å². The maximum absolute atomic E-state index is 12.5. The van der Waals surface area contributed by atoms with Crippen molar-refractivity contribution >= 4 is 45.0 Å². The molecule has 10 nitrogen and oxygen atoms in total. The topological polar surface area (TPSA) is 128 Å². The zero-order valence-electron chi connectivity index (χ0n) is 15.2. The first-order chi connectivity index (χ1) is 13.4. The van der Waals surface area contributed by atoms with E-state index in [-0.39, 0.29) is 24.7 Å². The number of nitrogens with one attached hydrogen (secondary N) is 2. The van der Waals surface area contributed by atoms with E-state index in [9.17, 15) is 9.59 Å². The average Bonchev–Trinajstić information content (AvgIpc) is 3.17. The molecule has 12 heteroatoms. The molecule has 2 amide bonds. The Morgan fingerprint density at radius 3 is 2.89 bits per heavy atom. The summed E-state index contributed by atoms with van der Waals surface area (Å²) >= 11 is 4.56. The number of anilines is 1. The van der Waals surface area contributed by atoms with Crippen LogP contribution in [0.4, 0.5) is 10.5 Å². The Morgan fingerprint density at radius 2 is 2.25 bits per heavy atom. The maximum Gasteiger partial charge on any atom is 0.404 e. The molecule has 1 aliphatic rings. The van der Waals surface area contributed by atoms with Crippen LogP contribution in [0.15, 0.2) is 15.5 Å². The van der Waals surface area contributed by atoms with Crippen molar-refractivity contribution in [1.82, 2.24) is 20.1 Å². The molecule has 1 fully saturated rings. The van der Waals surface area contributed by atoms with Crippen LogP contribution in [0.2, 0.25) is 0 Å². The second kappa shape index (κ2) is 8.99. The molecule has 152 valence electrons. The highest BCUT2D eigenvalue weighted by molar-refractivity contribution is 9.11. The van der Waals surface area contributed by atoms with Crippen LogP contribution in [0.3, 0.4) is 0 Å². The van der Waals surface area contributed by atoms with E-state index in [1.165, 1.54) is 18.4 Å². The van der Waals surface area contributed by atoms with Crippen LogP contribution in [-0.2, 0) is 16.5 Å². The molecule has 0 radical (unpaired) electrons. The Bertz CT molecular complexity index is 856. The number of ether oxygens (including phenoxy) is 2. The van der Waals surface area contributed by atoms with Crippen LogP contribution in [0.1, 0.15) is 35.1 Å². The van der Waals surface area contributed by atoms with E-state index in [1.807, 2.05) is 0 Å². The lowest BCUT2D eigenvalue weighted by molar-refractivity contribution is -0.0242. The minimum atomic E-state index is -1.10. The van der Waals surface area contributed by atoms with Gasteiger partial charge in [0, 0.05) is 19.5 Å². The van der Waals surface area contributed by atoms with E-state index >= 15 is 0 Å². The van der Waals surface area contributed by atoms with Gasteiger partial charge in [-0.3, -0.25) is 9.48 Å². The molecule has 1 saturated heterocycles. The number of carbonyl (C=O) groups is 2. The van der Waals surface area contributed by atoms with Gasteiger partial charge in [-0.2, -0.15) is 5.10 Å². The molecule has 0 saturated carbocycles. The second-order valence-corrected chi connectivity index (χ2v) is 8.37. The summed E-state index contributed by atoms with van der Waals surface area (Å²) in [5, 5.41) is 20.2. The number of hydrogen-bond acceptors (Lipinski definition) is 7. The van der Waals surface area contributed by atoms with Crippen molar-refractivity contribution in [2.75, 3.05) is 19.0 Å². The molecule has 28 heavy (non-hydrogen) atoms. The SMILES string of the molecule is CO[C@H]1CO[C@H](c2c(NC(=O)c3csc(Br)n3)cnn2C)CC[C@H]1NC(=O)O. The Labute approximate surface area is 173 Å². The first kappa shape index (κ1) is 20.7. The number of aryl methyl sites for hydroxylation is 1. The minimum absolute atomic E-state index is 0.212. The number of methoxy groups -OCH3 is 1. The molecule has 3 N–H and O–H groups in total. The summed E-state index contributed by atoms with van der Waals surface area (Å²) in [5.41, 5.74) is 1.53. The predicted octanol–water partition coefficient (Wildman–Crippen LogP) is 2.39. The summed E-state index contributed by atoms with van der Waals surface area (Å²) < 4.78 is 13.6. The lowest BCUT2D eigenvalue weighted by atomic mass is 10.0. The highest BCUT2D eigenvalue weighted by atomic mass is 79.9. The van der Waals surface area contributed by atoms with Crippen molar-refractivity contribution in [2.45, 2.75) is 31.1 Å². The fourth-order valence-corrected chi connectivity index (χ4v) is 4.16. The second-order valence-electron chi connectivity index (χ2n) is 6.24. The van der Waals surface area contributed by atoms with Crippen molar-refractivity contribution in [3.8, 4) is 0 Å². The summed E-state index contributed by atoms with van der Waals surface area (Å²) in [6, 6.07) is -0.383. The van der Waals surface area contributed by atoms with Crippen LogP contribution in [0.5, 0.6) is 0 Å². The molecular formula is C16H20BrN5O5S. The van der Waals surface area contributed by atoms with Crippen molar-refractivity contribution < 1.29 is 24.2 Å². The number of halogens is 1. The average molecular weight is 474 g/mol. The molecule has 0 unspecified atom stereocenters. The summed E-state index contributed by atoms with van der Waals surface area (Å²) in [7, 11) is 3.28. The van der Waals surface area contributed by atoms with Gasteiger partial charge in [-0.1, -0.05) is 0 Å². The third kappa shape index (κ3) is 4.69. The Hall–Kier alpha value is -2.02. The minimum Gasteiger partial charge on any atom is -0.465 e. The maximum atomic E-state index is 12.5. The van der Waals surface area contributed by atoms with Gasteiger partial charge in [0.25, 0.3) is 5.91 Å². The number of carboxylic acid groups (broad SMARTS) is 1. The molecule has 0 aromatic carbocycles. The van der Waals surface area contributed by atoms with Crippen molar-refractivity contribution in [1.29, 1.82) is 0 Å².